The van der Waals surface area contributed by atoms with Crippen molar-refractivity contribution in [2.24, 2.45) is 0 Å². The molecule has 0 saturated heterocycles. The van der Waals surface area contributed by atoms with Crippen molar-refractivity contribution in [3.8, 4) is 0 Å². The second kappa shape index (κ2) is 4.93. The lowest BCUT2D eigenvalue weighted by Crippen LogP contribution is -2.28. The van der Waals surface area contributed by atoms with Crippen LogP contribution in [0.25, 0.3) is 0 Å². The molecule has 0 aliphatic carbocycles. The van der Waals surface area contributed by atoms with Gasteiger partial charge in [-0.2, -0.15) is 0 Å². The van der Waals surface area contributed by atoms with Gasteiger partial charge >= 0.3 is 0 Å². The third kappa shape index (κ3) is 2.14. The van der Waals surface area contributed by atoms with Crippen molar-refractivity contribution in [2.75, 3.05) is 6.54 Å². The Bertz CT molecular complexity index is 658. The van der Waals surface area contributed by atoms with Crippen molar-refractivity contribution in [1.29, 1.82) is 0 Å². The number of benzene rings is 2. The largest absolute Gasteiger partial charge is 0.312 e. The highest BCUT2D eigenvalue weighted by Crippen LogP contribution is 2.33. The first-order valence-electron chi connectivity index (χ1n) is 6.78. The molecule has 2 aromatic carbocycles. The minimum atomic E-state index is -1.50. The normalized spacial score (nSPS) is 22.9. The van der Waals surface area contributed by atoms with E-state index in [-0.39, 0.29) is 5.92 Å². The van der Waals surface area contributed by atoms with E-state index in [0.29, 0.717) is 22.2 Å². The molecule has 18 heavy (non-hydrogen) atoms. The van der Waals surface area contributed by atoms with Crippen LogP contribution in [0.4, 0.5) is 0 Å². The Morgan fingerprint density at radius 1 is 1.11 bits per heavy atom. The highest BCUT2D eigenvalue weighted by atomic mass is 35.5. The number of rotatable bonds is 1. The average molecular weight is 280 g/mol. The van der Waals surface area contributed by atoms with E-state index in [0.717, 1.165) is 11.1 Å². The first kappa shape index (κ1) is 9.85. The highest BCUT2D eigenvalue weighted by Gasteiger charge is 2.21. The van der Waals surface area contributed by atoms with Gasteiger partial charge in [-0.15, -0.1) is 0 Å². The molecule has 0 aromatic heterocycles. The molecule has 0 fully saturated rings. The standard InChI is InChI=1S/C15H13Cl2N/c16-14-6-5-10(7-15(14)17)13-9-18-8-11-3-1-2-4-12(11)13/h1-7,13,18H,8-9H2/i8D2. The smallest absolute Gasteiger partial charge is 0.0595 e. The minimum absolute atomic E-state index is 0.0739. The van der Waals surface area contributed by atoms with Crippen LogP contribution >= 0.6 is 23.2 Å². The molecule has 1 atom stereocenters. The fraction of sp³-hybridized carbons (Fsp3) is 0.200. The monoisotopic (exact) mass is 279 g/mol. The Labute approximate surface area is 120 Å². The Morgan fingerprint density at radius 3 is 2.78 bits per heavy atom. The summed E-state index contributed by atoms with van der Waals surface area (Å²) in [5, 5.41) is 4.01. The van der Waals surface area contributed by atoms with Crippen LogP contribution in [0.5, 0.6) is 0 Å². The van der Waals surface area contributed by atoms with E-state index in [1.165, 1.54) is 0 Å². The molecule has 3 rings (SSSR count). The Morgan fingerprint density at radius 2 is 1.94 bits per heavy atom. The van der Waals surface area contributed by atoms with Crippen LogP contribution < -0.4 is 5.32 Å². The lowest BCUT2D eigenvalue weighted by atomic mass is 9.86. The van der Waals surface area contributed by atoms with E-state index in [1.807, 2.05) is 36.4 Å². The lowest BCUT2D eigenvalue weighted by Gasteiger charge is -2.27. The summed E-state index contributed by atoms with van der Waals surface area (Å²) in [6.07, 6.45) is 0. The molecule has 2 aromatic rings. The number of fused-ring (bicyclic) bond motifs is 1. The molecule has 0 bridgehead atoms. The van der Waals surface area contributed by atoms with Gasteiger partial charge in [0.2, 0.25) is 0 Å². The molecule has 0 saturated carbocycles. The fourth-order valence-corrected chi connectivity index (χ4v) is 2.61. The number of hydrogen-bond donors (Lipinski definition) is 1. The summed E-state index contributed by atoms with van der Waals surface area (Å²) in [5.74, 6) is 0.0739. The van der Waals surface area contributed by atoms with Gasteiger partial charge in [0.1, 0.15) is 0 Å². The van der Waals surface area contributed by atoms with E-state index >= 15 is 0 Å². The molecule has 0 amide bonds. The van der Waals surface area contributed by atoms with Gasteiger partial charge in [-0.05, 0) is 28.8 Å². The molecular weight excluding hydrogens is 265 g/mol. The fourth-order valence-electron chi connectivity index (χ4n) is 2.30. The van der Waals surface area contributed by atoms with Gasteiger partial charge in [0.15, 0.2) is 0 Å². The summed E-state index contributed by atoms with van der Waals surface area (Å²) in [4.78, 5) is 0. The Balaban J connectivity index is 2.10. The third-order valence-electron chi connectivity index (χ3n) is 3.21. The van der Waals surface area contributed by atoms with Crippen molar-refractivity contribution in [3.63, 3.8) is 0 Å². The first-order chi connectivity index (χ1) is 9.49. The highest BCUT2D eigenvalue weighted by molar-refractivity contribution is 6.42. The van der Waals surface area contributed by atoms with Gasteiger partial charge < -0.3 is 5.32 Å². The summed E-state index contributed by atoms with van der Waals surface area (Å²) in [6.45, 7) is -0.967. The van der Waals surface area contributed by atoms with E-state index in [9.17, 15) is 0 Å². The predicted molar refractivity (Wildman–Crippen MR) is 76.5 cm³/mol. The van der Waals surface area contributed by atoms with E-state index in [1.54, 1.807) is 6.07 Å². The second-order valence-electron chi connectivity index (χ2n) is 4.32. The van der Waals surface area contributed by atoms with Crippen LogP contribution in [-0.2, 0) is 6.50 Å². The predicted octanol–water partition coefficient (Wildman–Crippen LogP) is 4.23. The summed E-state index contributed by atoms with van der Waals surface area (Å²) in [7, 11) is 0. The number of halogens is 2. The molecule has 3 heteroatoms. The van der Waals surface area contributed by atoms with Crippen molar-refractivity contribution < 1.29 is 2.74 Å². The summed E-state index contributed by atoms with van der Waals surface area (Å²) in [6, 6.07) is 13.2. The molecule has 1 heterocycles. The SMILES string of the molecule is [2H]C1([2H])NCC(c2ccc(Cl)c(Cl)c2)c2ccccc21. The van der Waals surface area contributed by atoms with E-state index < -0.39 is 6.50 Å². The molecule has 1 aliphatic heterocycles. The van der Waals surface area contributed by atoms with Gasteiger partial charge in [-0.3, -0.25) is 0 Å². The van der Waals surface area contributed by atoms with E-state index in [2.05, 4.69) is 5.32 Å². The summed E-state index contributed by atoms with van der Waals surface area (Å²) in [5.41, 5.74) is 2.71. The lowest BCUT2D eigenvalue weighted by molar-refractivity contribution is 0.591. The maximum absolute atomic E-state index is 8.05. The second-order valence-corrected chi connectivity index (χ2v) is 5.13. The first-order valence-corrected chi connectivity index (χ1v) is 6.54. The van der Waals surface area contributed by atoms with Crippen LogP contribution in [0.3, 0.4) is 0 Å². The van der Waals surface area contributed by atoms with Crippen molar-refractivity contribution in [1.82, 2.24) is 5.32 Å². The number of hydrogen-bond acceptors (Lipinski definition) is 1. The third-order valence-corrected chi connectivity index (χ3v) is 3.95. The van der Waals surface area contributed by atoms with Crippen molar-refractivity contribution >= 4 is 23.2 Å². The average Bonchev–Trinajstić information content (AvgIpc) is 2.43. The van der Waals surface area contributed by atoms with E-state index in [4.69, 9.17) is 25.9 Å². The van der Waals surface area contributed by atoms with Crippen molar-refractivity contribution in [3.05, 3.63) is 69.2 Å². The van der Waals surface area contributed by atoms with Gasteiger partial charge in [0.25, 0.3) is 0 Å². The quantitative estimate of drug-likeness (QED) is 0.824. The summed E-state index contributed by atoms with van der Waals surface area (Å²) < 4.78 is 16.1. The van der Waals surface area contributed by atoms with Gasteiger partial charge in [-0.25, -0.2) is 0 Å². The topological polar surface area (TPSA) is 12.0 Å². The summed E-state index contributed by atoms with van der Waals surface area (Å²) >= 11 is 12.0. The zero-order valence-corrected chi connectivity index (χ0v) is 11.1. The Kier molecular flexibility index (Phi) is 2.70. The molecule has 1 aliphatic rings. The molecule has 1 unspecified atom stereocenters. The Hall–Kier alpha value is -1.02. The minimum Gasteiger partial charge on any atom is -0.312 e. The van der Waals surface area contributed by atoms with Crippen LogP contribution in [0, 0.1) is 0 Å². The van der Waals surface area contributed by atoms with Gasteiger partial charge in [0, 0.05) is 21.7 Å². The van der Waals surface area contributed by atoms with Crippen molar-refractivity contribution in [2.45, 2.75) is 12.4 Å². The molecule has 1 N–H and O–H groups in total. The zero-order valence-electron chi connectivity index (χ0n) is 11.6. The van der Waals surface area contributed by atoms with Crippen LogP contribution in [0.15, 0.2) is 42.5 Å². The maximum atomic E-state index is 8.05. The van der Waals surface area contributed by atoms with Gasteiger partial charge in [-0.1, -0.05) is 53.5 Å². The zero-order chi connectivity index (χ0) is 14.3. The molecular formula is C15H13Cl2N. The van der Waals surface area contributed by atoms with Crippen LogP contribution in [0.2, 0.25) is 10.0 Å². The van der Waals surface area contributed by atoms with Crippen LogP contribution in [-0.4, -0.2) is 6.54 Å². The number of nitrogens with one attached hydrogen (secondary N) is 1. The molecule has 92 valence electrons. The molecule has 0 radical (unpaired) electrons. The maximum Gasteiger partial charge on any atom is 0.0595 e. The van der Waals surface area contributed by atoms with Crippen LogP contribution in [0.1, 0.15) is 25.3 Å². The van der Waals surface area contributed by atoms with Gasteiger partial charge in [0.05, 0.1) is 10.0 Å². The molecule has 0 spiro atoms. The molecule has 1 nitrogen and oxygen atoms in total.